The van der Waals surface area contributed by atoms with E-state index in [0.29, 0.717) is 6.54 Å². The smallest absolute Gasteiger partial charge is 0.239 e. The van der Waals surface area contributed by atoms with E-state index in [1.165, 1.54) is 5.56 Å². The molecule has 0 fully saturated rings. The molecule has 0 aromatic heterocycles. The summed E-state index contributed by atoms with van der Waals surface area (Å²) in [5.74, 6) is 0. The van der Waals surface area contributed by atoms with Crippen LogP contribution in [0.4, 0.5) is 0 Å². The normalized spacial score (nSPS) is 9.18. The van der Waals surface area contributed by atoms with Crippen molar-refractivity contribution in [2.45, 2.75) is 13.5 Å². The summed E-state index contributed by atoms with van der Waals surface area (Å²) in [6, 6.07) is 6.04. The molecule has 0 spiro atoms. The van der Waals surface area contributed by atoms with Gasteiger partial charge in [0.05, 0.1) is 0 Å². The van der Waals surface area contributed by atoms with E-state index in [2.05, 4.69) is 20.8 Å². The Bertz CT molecular complexity index is 279. The van der Waals surface area contributed by atoms with Gasteiger partial charge in [-0.3, -0.25) is 0 Å². The Labute approximate surface area is 75.0 Å². The van der Waals surface area contributed by atoms with Crippen LogP contribution in [-0.2, 0) is 6.54 Å². The first kappa shape index (κ1) is 8.29. The highest BCUT2D eigenvalue weighted by Crippen LogP contribution is 2.15. The predicted octanol–water partition coefficient (Wildman–Crippen LogP) is 3.18. The first-order valence-electron chi connectivity index (χ1n) is 3.31. The molecule has 0 aliphatic heterocycles. The van der Waals surface area contributed by atoms with Crippen molar-refractivity contribution >= 4 is 15.9 Å². The monoisotopic (exact) mass is 209 g/mol. The van der Waals surface area contributed by atoms with Crippen LogP contribution in [0.1, 0.15) is 11.1 Å². The number of benzene rings is 1. The van der Waals surface area contributed by atoms with E-state index in [-0.39, 0.29) is 0 Å². The van der Waals surface area contributed by atoms with Gasteiger partial charge < -0.3 is 4.85 Å². The third-order valence-electron chi connectivity index (χ3n) is 1.36. The molecule has 0 saturated carbocycles. The zero-order valence-electron chi connectivity index (χ0n) is 6.26. The Morgan fingerprint density at radius 2 is 2.18 bits per heavy atom. The first-order valence-corrected chi connectivity index (χ1v) is 4.11. The molecule has 0 N–H and O–H groups in total. The van der Waals surface area contributed by atoms with Gasteiger partial charge in [0.15, 0.2) is 0 Å². The minimum absolute atomic E-state index is 0.472. The zero-order valence-corrected chi connectivity index (χ0v) is 7.85. The zero-order chi connectivity index (χ0) is 8.27. The summed E-state index contributed by atoms with van der Waals surface area (Å²) in [5, 5.41) is 0. The van der Waals surface area contributed by atoms with Crippen molar-refractivity contribution in [3.8, 4) is 0 Å². The van der Waals surface area contributed by atoms with Crippen molar-refractivity contribution in [3.05, 3.63) is 45.2 Å². The van der Waals surface area contributed by atoms with Gasteiger partial charge in [-0.15, -0.1) is 0 Å². The molecular formula is C9H8BrN. The molecule has 1 aromatic rings. The molecule has 56 valence electrons. The van der Waals surface area contributed by atoms with Crippen LogP contribution in [0, 0.1) is 13.5 Å². The van der Waals surface area contributed by atoms with Crippen molar-refractivity contribution in [2.24, 2.45) is 0 Å². The number of nitrogens with zero attached hydrogens (tertiary/aromatic N) is 1. The van der Waals surface area contributed by atoms with E-state index >= 15 is 0 Å². The fourth-order valence-electron chi connectivity index (χ4n) is 0.995. The molecule has 1 aromatic carbocycles. The highest BCUT2D eigenvalue weighted by molar-refractivity contribution is 9.10. The van der Waals surface area contributed by atoms with Crippen LogP contribution in [0.3, 0.4) is 0 Å². The van der Waals surface area contributed by atoms with Crippen molar-refractivity contribution in [1.82, 2.24) is 0 Å². The van der Waals surface area contributed by atoms with E-state index < -0.39 is 0 Å². The number of halogens is 1. The van der Waals surface area contributed by atoms with Crippen molar-refractivity contribution in [2.75, 3.05) is 0 Å². The molecule has 0 unspecified atom stereocenters. The lowest BCUT2D eigenvalue weighted by Crippen LogP contribution is -1.81. The SMILES string of the molecule is [C-]#[N+]Cc1cc(C)cc(Br)c1. The Morgan fingerprint density at radius 1 is 1.45 bits per heavy atom. The summed E-state index contributed by atoms with van der Waals surface area (Å²) in [6.45, 7) is 9.19. The fourth-order valence-corrected chi connectivity index (χ4v) is 1.65. The van der Waals surface area contributed by atoms with Gasteiger partial charge in [0.25, 0.3) is 0 Å². The minimum atomic E-state index is 0.472. The average molecular weight is 210 g/mol. The second-order valence-electron chi connectivity index (χ2n) is 2.45. The predicted molar refractivity (Wildman–Crippen MR) is 49.2 cm³/mol. The Balaban J connectivity index is 3.01. The lowest BCUT2D eigenvalue weighted by atomic mass is 10.1. The van der Waals surface area contributed by atoms with E-state index in [9.17, 15) is 0 Å². The minimum Gasteiger partial charge on any atom is -0.312 e. The summed E-state index contributed by atoms with van der Waals surface area (Å²) in [4.78, 5) is 3.32. The Morgan fingerprint density at radius 3 is 2.73 bits per heavy atom. The van der Waals surface area contributed by atoms with Crippen LogP contribution < -0.4 is 0 Å². The molecule has 0 aliphatic carbocycles. The van der Waals surface area contributed by atoms with Gasteiger partial charge >= 0.3 is 0 Å². The standard InChI is InChI=1S/C9H8BrN/c1-7-3-8(6-11-2)5-9(10)4-7/h3-5H,6H2,1H3. The highest BCUT2D eigenvalue weighted by atomic mass is 79.9. The summed E-state index contributed by atoms with van der Waals surface area (Å²) in [5.41, 5.74) is 2.27. The highest BCUT2D eigenvalue weighted by Gasteiger charge is 1.97. The van der Waals surface area contributed by atoms with Gasteiger partial charge in [-0.05, 0) is 30.7 Å². The molecule has 0 heterocycles. The van der Waals surface area contributed by atoms with E-state index in [1.807, 2.05) is 25.1 Å². The number of hydrogen-bond donors (Lipinski definition) is 0. The topological polar surface area (TPSA) is 4.36 Å². The van der Waals surface area contributed by atoms with Crippen LogP contribution in [-0.4, -0.2) is 0 Å². The van der Waals surface area contributed by atoms with Crippen molar-refractivity contribution in [3.63, 3.8) is 0 Å². The van der Waals surface area contributed by atoms with E-state index in [1.54, 1.807) is 0 Å². The molecule has 0 amide bonds. The molecule has 0 aliphatic rings. The Kier molecular flexibility index (Phi) is 2.67. The van der Waals surface area contributed by atoms with Gasteiger partial charge in [0.1, 0.15) is 0 Å². The number of rotatable bonds is 1. The lowest BCUT2D eigenvalue weighted by Gasteiger charge is -1.96. The summed E-state index contributed by atoms with van der Waals surface area (Å²) >= 11 is 3.38. The van der Waals surface area contributed by atoms with Gasteiger partial charge in [-0.1, -0.05) is 15.9 Å². The average Bonchev–Trinajstić information content (AvgIpc) is 1.85. The molecule has 0 bridgehead atoms. The molecule has 11 heavy (non-hydrogen) atoms. The molecule has 1 nitrogen and oxygen atoms in total. The molecule has 0 atom stereocenters. The fraction of sp³-hybridized carbons (Fsp3) is 0.222. The lowest BCUT2D eigenvalue weighted by molar-refractivity contribution is 1.24. The Hall–Kier alpha value is -0.810. The summed E-state index contributed by atoms with van der Waals surface area (Å²) < 4.78 is 1.05. The third-order valence-corrected chi connectivity index (χ3v) is 1.82. The van der Waals surface area contributed by atoms with E-state index in [4.69, 9.17) is 6.57 Å². The largest absolute Gasteiger partial charge is 0.312 e. The number of hydrogen-bond acceptors (Lipinski definition) is 0. The van der Waals surface area contributed by atoms with Gasteiger partial charge in [0.2, 0.25) is 6.54 Å². The van der Waals surface area contributed by atoms with Crippen LogP contribution in [0.15, 0.2) is 22.7 Å². The van der Waals surface area contributed by atoms with Gasteiger partial charge in [-0.2, -0.15) is 0 Å². The quantitative estimate of drug-likeness (QED) is 0.627. The molecule has 2 heteroatoms. The summed E-state index contributed by atoms with van der Waals surface area (Å²) in [7, 11) is 0. The van der Waals surface area contributed by atoms with Gasteiger partial charge in [0, 0.05) is 10.0 Å². The van der Waals surface area contributed by atoms with Crippen molar-refractivity contribution < 1.29 is 0 Å². The summed E-state index contributed by atoms with van der Waals surface area (Å²) in [6.07, 6.45) is 0. The molecule has 0 radical (unpaired) electrons. The van der Waals surface area contributed by atoms with Crippen LogP contribution in [0.5, 0.6) is 0 Å². The third kappa shape index (κ3) is 2.36. The second-order valence-corrected chi connectivity index (χ2v) is 3.37. The van der Waals surface area contributed by atoms with Crippen LogP contribution in [0.2, 0.25) is 0 Å². The maximum atomic E-state index is 6.69. The second kappa shape index (κ2) is 3.54. The molecule has 0 saturated heterocycles. The van der Waals surface area contributed by atoms with Crippen molar-refractivity contribution in [1.29, 1.82) is 0 Å². The van der Waals surface area contributed by atoms with Crippen LogP contribution in [0.25, 0.3) is 4.85 Å². The maximum absolute atomic E-state index is 6.69. The first-order chi connectivity index (χ1) is 5.22. The van der Waals surface area contributed by atoms with E-state index in [0.717, 1.165) is 10.0 Å². The van der Waals surface area contributed by atoms with Gasteiger partial charge in [-0.25, -0.2) is 6.57 Å². The molecular weight excluding hydrogens is 202 g/mol. The number of aryl methyl sites for hydroxylation is 1. The molecule has 1 rings (SSSR count). The van der Waals surface area contributed by atoms with Crippen LogP contribution >= 0.6 is 15.9 Å². The maximum Gasteiger partial charge on any atom is 0.239 e.